The third-order valence-electron chi connectivity index (χ3n) is 7.14. The lowest BCUT2D eigenvalue weighted by atomic mass is 9.51. The van der Waals surface area contributed by atoms with Crippen molar-refractivity contribution < 1.29 is 19.4 Å². The molecule has 2 atom stereocenters. The summed E-state index contributed by atoms with van der Waals surface area (Å²) in [6.07, 6.45) is 11.0. The van der Waals surface area contributed by atoms with Gasteiger partial charge in [0, 0.05) is 24.3 Å². The number of methoxy groups -OCH3 is 1. The molecule has 5 rings (SSSR count). The van der Waals surface area contributed by atoms with E-state index in [0.717, 1.165) is 25.7 Å². The lowest BCUT2D eigenvalue weighted by Crippen LogP contribution is -2.65. The summed E-state index contributed by atoms with van der Waals surface area (Å²) < 4.78 is 13.0. The number of rotatable bonds is 9. The summed E-state index contributed by atoms with van der Waals surface area (Å²) in [6, 6.07) is 0. The number of hydrogen-bond donors (Lipinski definition) is 2. The summed E-state index contributed by atoms with van der Waals surface area (Å²) >= 11 is 0. The van der Waals surface area contributed by atoms with E-state index in [9.17, 15) is 9.90 Å². The summed E-state index contributed by atoms with van der Waals surface area (Å²) in [5.41, 5.74) is -0.659. The summed E-state index contributed by atoms with van der Waals surface area (Å²) in [6.45, 7) is 9.39. The van der Waals surface area contributed by atoms with Crippen LogP contribution >= 0.6 is 0 Å². The Kier molecular flexibility index (Phi) is 6.18. The molecule has 0 aliphatic heterocycles. The van der Waals surface area contributed by atoms with Gasteiger partial charge in [0.25, 0.3) is 5.91 Å². The van der Waals surface area contributed by atoms with Gasteiger partial charge in [-0.05, 0) is 56.3 Å². The molecular weight excluding hydrogens is 406 g/mol. The quantitative estimate of drug-likeness (QED) is 0.603. The van der Waals surface area contributed by atoms with Gasteiger partial charge >= 0.3 is 0 Å². The van der Waals surface area contributed by atoms with Gasteiger partial charge in [-0.25, -0.2) is 4.68 Å². The van der Waals surface area contributed by atoms with E-state index in [4.69, 9.17) is 9.47 Å². The molecule has 7 heteroatoms. The van der Waals surface area contributed by atoms with E-state index in [1.54, 1.807) is 18.0 Å². The molecule has 2 unspecified atom stereocenters. The maximum atomic E-state index is 13.4. The van der Waals surface area contributed by atoms with E-state index in [1.165, 1.54) is 6.42 Å². The summed E-state index contributed by atoms with van der Waals surface area (Å²) in [5.74, 6) is 1.63. The van der Waals surface area contributed by atoms with Crippen LogP contribution in [0.2, 0.25) is 0 Å². The van der Waals surface area contributed by atoms with E-state index < -0.39 is 5.60 Å². The smallest absolute Gasteiger partial charge is 0.258 e. The molecule has 2 N–H and O–H groups in total. The number of nitrogens with one attached hydrogen (secondary N) is 1. The minimum atomic E-state index is -0.617. The van der Waals surface area contributed by atoms with Gasteiger partial charge < -0.3 is 19.9 Å². The molecule has 4 bridgehead atoms. The van der Waals surface area contributed by atoms with Gasteiger partial charge in [-0.1, -0.05) is 33.8 Å². The van der Waals surface area contributed by atoms with Crippen molar-refractivity contribution in [1.82, 2.24) is 15.1 Å². The minimum Gasteiger partial charge on any atom is -0.477 e. The fourth-order valence-corrected chi connectivity index (χ4v) is 6.36. The van der Waals surface area contributed by atoms with Gasteiger partial charge in [-0.3, -0.25) is 4.79 Å². The molecule has 178 valence electrons. The maximum absolute atomic E-state index is 13.4. The van der Waals surface area contributed by atoms with Crippen molar-refractivity contribution >= 4 is 12.1 Å². The zero-order valence-corrected chi connectivity index (χ0v) is 20.2. The normalized spacial score (nSPS) is 31.6. The Morgan fingerprint density at radius 1 is 1.34 bits per heavy atom. The predicted octanol–water partition coefficient (Wildman–Crippen LogP) is 3.87. The van der Waals surface area contributed by atoms with Gasteiger partial charge in [0.1, 0.15) is 5.56 Å². The summed E-state index contributed by atoms with van der Waals surface area (Å²) in [7, 11) is 1.68. The lowest BCUT2D eigenvalue weighted by Gasteiger charge is -2.60. The Morgan fingerprint density at radius 3 is 2.62 bits per heavy atom. The molecule has 1 heterocycles. The Morgan fingerprint density at radius 2 is 2.03 bits per heavy atom. The van der Waals surface area contributed by atoms with E-state index in [-0.39, 0.29) is 16.9 Å². The van der Waals surface area contributed by atoms with E-state index in [0.29, 0.717) is 48.8 Å². The first-order chi connectivity index (χ1) is 15.0. The fraction of sp³-hybridized carbons (Fsp3) is 0.760. The first-order valence-electron chi connectivity index (χ1n) is 12.0. The number of hydrogen-bond acceptors (Lipinski definition) is 5. The zero-order valence-electron chi connectivity index (χ0n) is 20.2. The van der Waals surface area contributed by atoms with Crippen LogP contribution in [0, 0.1) is 23.2 Å². The van der Waals surface area contributed by atoms with Crippen molar-refractivity contribution in [2.75, 3.05) is 20.3 Å². The SMILES string of the molecule is COCC(C)(C)/C=C/n1ncc(C(=O)NC23CC4CC(CC(O)(C4)C2)C3)c1OCC(C)C. The van der Waals surface area contributed by atoms with Crippen LogP contribution in [0.4, 0.5) is 0 Å². The molecule has 0 aromatic carbocycles. The highest BCUT2D eigenvalue weighted by Gasteiger charge is 2.57. The molecule has 4 fully saturated rings. The van der Waals surface area contributed by atoms with Crippen LogP contribution in [0.3, 0.4) is 0 Å². The number of aromatic nitrogens is 2. The molecule has 0 saturated heterocycles. The Balaban J connectivity index is 1.56. The van der Waals surface area contributed by atoms with Gasteiger partial charge in [0.05, 0.1) is 25.0 Å². The summed E-state index contributed by atoms with van der Waals surface area (Å²) in [5, 5.41) is 18.8. The van der Waals surface area contributed by atoms with Gasteiger partial charge in [0.15, 0.2) is 0 Å². The first kappa shape index (κ1) is 23.3. The second kappa shape index (κ2) is 8.49. The number of nitrogens with zero attached hydrogens (tertiary/aromatic N) is 2. The van der Waals surface area contributed by atoms with Crippen LogP contribution in [0.15, 0.2) is 12.3 Å². The molecule has 0 spiro atoms. The average molecular weight is 446 g/mol. The highest BCUT2D eigenvalue weighted by atomic mass is 16.5. The maximum Gasteiger partial charge on any atom is 0.258 e. The first-order valence-corrected chi connectivity index (χ1v) is 12.0. The van der Waals surface area contributed by atoms with Crippen LogP contribution < -0.4 is 10.1 Å². The van der Waals surface area contributed by atoms with Gasteiger partial charge in [-0.2, -0.15) is 5.10 Å². The second-order valence-electron chi connectivity index (χ2n) is 11.7. The lowest BCUT2D eigenvalue weighted by molar-refractivity contribution is -0.139. The number of carbonyl (C=O) groups excluding carboxylic acids is 1. The predicted molar refractivity (Wildman–Crippen MR) is 123 cm³/mol. The minimum absolute atomic E-state index is 0.162. The van der Waals surface area contributed by atoms with Crippen molar-refractivity contribution in [3.05, 3.63) is 17.8 Å². The van der Waals surface area contributed by atoms with Crippen LogP contribution in [0.5, 0.6) is 5.88 Å². The van der Waals surface area contributed by atoms with Crippen LogP contribution in [-0.2, 0) is 4.74 Å². The van der Waals surface area contributed by atoms with Crippen LogP contribution in [-0.4, -0.2) is 52.3 Å². The Hall–Kier alpha value is -1.86. The monoisotopic (exact) mass is 445 g/mol. The molecule has 4 saturated carbocycles. The van der Waals surface area contributed by atoms with E-state index in [1.807, 2.05) is 12.3 Å². The Bertz CT molecular complexity index is 859. The van der Waals surface area contributed by atoms with Crippen molar-refractivity contribution in [2.45, 2.75) is 77.4 Å². The van der Waals surface area contributed by atoms with Crippen LogP contribution in [0.25, 0.3) is 6.20 Å². The average Bonchev–Trinajstić information content (AvgIpc) is 3.05. The summed E-state index contributed by atoms with van der Waals surface area (Å²) in [4.78, 5) is 13.4. The molecule has 1 aromatic rings. The number of carbonyl (C=O) groups is 1. The van der Waals surface area contributed by atoms with Crippen molar-refractivity contribution in [1.29, 1.82) is 0 Å². The molecule has 7 nitrogen and oxygen atoms in total. The molecular formula is C25H39N3O4. The highest BCUT2D eigenvalue weighted by molar-refractivity contribution is 5.97. The third kappa shape index (κ3) is 4.88. The van der Waals surface area contributed by atoms with Crippen LogP contribution in [0.1, 0.15) is 76.6 Å². The van der Waals surface area contributed by atoms with Gasteiger partial charge in [0.2, 0.25) is 5.88 Å². The highest BCUT2D eigenvalue weighted by Crippen LogP contribution is 2.57. The molecule has 0 radical (unpaired) electrons. The Labute approximate surface area is 191 Å². The van der Waals surface area contributed by atoms with Crippen molar-refractivity contribution in [3.8, 4) is 5.88 Å². The zero-order chi connectivity index (χ0) is 23.1. The molecule has 4 aliphatic carbocycles. The van der Waals surface area contributed by atoms with Crippen molar-refractivity contribution in [2.24, 2.45) is 23.2 Å². The fourth-order valence-electron chi connectivity index (χ4n) is 6.36. The second-order valence-corrected chi connectivity index (χ2v) is 11.7. The standard InChI is InChI=1S/C25H39N3O4/c1-17(2)14-32-22-20(13-26-28(22)7-6-23(3,4)16-31-5)21(29)27-24-9-18-8-19(10-24)12-25(30,11-18)15-24/h6-7,13,17-19,30H,8-12,14-16H2,1-5H3,(H,27,29)/b7-6+. The largest absolute Gasteiger partial charge is 0.477 e. The van der Waals surface area contributed by atoms with Gasteiger partial charge in [-0.15, -0.1) is 0 Å². The number of ether oxygens (including phenoxy) is 2. The molecule has 32 heavy (non-hydrogen) atoms. The topological polar surface area (TPSA) is 85.6 Å². The molecule has 1 amide bonds. The molecule has 1 aromatic heterocycles. The van der Waals surface area contributed by atoms with Crippen molar-refractivity contribution in [3.63, 3.8) is 0 Å². The third-order valence-corrected chi connectivity index (χ3v) is 7.14. The van der Waals surface area contributed by atoms with E-state index >= 15 is 0 Å². The number of aliphatic hydroxyl groups is 1. The number of amides is 1. The van der Waals surface area contributed by atoms with E-state index in [2.05, 4.69) is 38.1 Å². The molecule has 4 aliphatic rings.